The molecule has 128 valence electrons. The summed E-state index contributed by atoms with van der Waals surface area (Å²) in [6, 6.07) is 15.2. The third-order valence-electron chi connectivity index (χ3n) is 4.05. The summed E-state index contributed by atoms with van der Waals surface area (Å²) in [5.74, 6) is 0.964. The second-order valence-electron chi connectivity index (χ2n) is 5.56. The van der Waals surface area contributed by atoms with E-state index in [9.17, 15) is 4.79 Å². The first kappa shape index (κ1) is 16.8. The van der Waals surface area contributed by atoms with E-state index in [4.69, 9.17) is 9.47 Å². The minimum atomic E-state index is -0.173. The standard InChI is InChI=1S/C20H20N2O3/c1-24-16-8-9-17(18(13-16)25-2)20(23)22-12-10-15-6-3-5-14-7-4-11-21-19(14)15/h3-9,11,13H,10,12H2,1-2H3,(H,22,23). The molecule has 0 aliphatic rings. The molecular weight excluding hydrogens is 316 g/mol. The fourth-order valence-corrected chi connectivity index (χ4v) is 2.76. The largest absolute Gasteiger partial charge is 0.497 e. The molecule has 0 unspecified atom stereocenters. The molecule has 0 saturated heterocycles. The number of rotatable bonds is 6. The van der Waals surface area contributed by atoms with Gasteiger partial charge in [0.2, 0.25) is 0 Å². The van der Waals surface area contributed by atoms with Gasteiger partial charge >= 0.3 is 0 Å². The first-order valence-electron chi connectivity index (χ1n) is 8.06. The molecule has 3 aromatic rings. The highest BCUT2D eigenvalue weighted by atomic mass is 16.5. The topological polar surface area (TPSA) is 60.5 Å². The number of amides is 1. The predicted octanol–water partition coefficient (Wildman–Crippen LogP) is 3.22. The molecule has 0 spiro atoms. The van der Waals surface area contributed by atoms with Crippen LogP contribution in [-0.2, 0) is 6.42 Å². The molecule has 5 nitrogen and oxygen atoms in total. The molecule has 1 heterocycles. The van der Waals surface area contributed by atoms with Crippen molar-refractivity contribution in [3.8, 4) is 11.5 Å². The smallest absolute Gasteiger partial charge is 0.255 e. The van der Waals surface area contributed by atoms with Crippen LogP contribution in [0.15, 0.2) is 54.7 Å². The number of carbonyl (C=O) groups excluding carboxylic acids is 1. The Morgan fingerprint density at radius 3 is 2.72 bits per heavy atom. The Kier molecular flexibility index (Phi) is 5.14. The van der Waals surface area contributed by atoms with Crippen molar-refractivity contribution >= 4 is 16.8 Å². The second kappa shape index (κ2) is 7.66. The summed E-state index contributed by atoms with van der Waals surface area (Å²) >= 11 is 0. The summed E-state index contributed by atoms with van der Waals surface area (Å²) in [6.45, 7) is 0.518. The Bertz CT molecular complexity index is 888. The summed E-state index contributed by atoms with van der Waals surface area (Å²) < 4.78 is 10.4. The van der Waals surface area contributed by atoms with Gasteiger partial charge in [0.25, 0.3) is 5.91 Å². The van der Waals surface area contributed by atoms with E-state index in [1.807, 2.05) is 30.3 Å². The van der Waals surface area contributed by atoms with Crippen LogP contribution in [0, 0.1) is 0 Å². The number of methoxy groups -OCH3 is 2. The minimum absolute atomic E-state index is 0.173. The van der Waals surface area contributed by atoms with Crippen molar-refractivity contribution in [2.24, 2.45) is 0 Å². The Hall–Kier alpha value is -3.08. The number of carbonyl (C=O) groups is 1. The van der Waals surface area contributed by atoms with Crippen LogP contribution in [0.3, 0.4) is 0 Å². The summed E-state index contributed by atoms with van der Waals surface area (Å²) in [5.41, 5.74) is 2.57. The van der Waals surface area contributed by atoms with E-state index in [0.717, 1.165) is 16.5 Å². The number of pyridine rings is 1. The lowest BCUT2D eigenvalue weighted by Gasteiger charge is -2.11. The lowest BCUT2D eigenvalue weighted by molar-refractivity contribution is 0.0951. The van der Waals surface area contributed by atoms with Crippen molar-refractivity contribution in [3.63, 3.8) is 0 Å². The maximum atomic E-state index is 12.4. The Balaban J connectivity index is 1.68. The number of para-hydroxylation sites is 1. The lowest BCUT2D eigenvalue weighted by atomic mass is 10.1. The Morgan fingerprint density at radius 2 is 1.92 bits per heavy atom. The van der Waals surface area contributed by atoms with Crippen molar-refractivity contribution in [1.82, 2.24) is 10.3 Å². The van der Waals surface area contributed by atoms with Crippen LogP contribution in [0.25, 0.3) is 10.9 Å². The van der Waals surface area contributed by atoms with Gasteiger partial charge < -0.3 is 14.8 Å². The average Bonchev–Trinajstić information content (AvgIpc) is 2.67. The summed E-state index contributed by atoms with van der Waals surface area (Å²) in [6.07, 6.45) is 2.49. The molecule has 0 aliphatic heterocycles. The molecule has 1 aromatic heterocycles. The van der Waals surface area contributed by atoms with E-state index in [0.29, 0.717) is 30.0 Å². The number of aromatic nitrogens is 1. The zero-order valence-corrected chi connectivity index (χ0v) is 14.3. The van der Waals surface area contributed by atoms with Crippen LogP contribution in [0.1, 0.15) is 15.9 Å². The normalized spacial score (nSPS) is 10.5. The van der Waals surface area contributed by atoms with Crippen molar-refractivity contribution in [2.75, 3.05) is 20.8 Å². The highest BCUT2D eigenvalue weighted by molar-refractivity contribution is 5.97. The molecule has 25 heavy (non-hydrogen) atoms. The number of benzene rings is 2. The molecule has 0 radical (unpaired) electrons. The Morgan fingerprint density at radius 1 is 1.08 bits per heavy atom. The van der Waals surface area contributed by atoms with Gasteiger partial charge in [0.1, 0.15) is 11.5 Å². The summed E-state index contributed by atoms with van der Waals surface area (Å²) in [7, 11) is 3.11. The number of ether oxygens (including phenoxy) is 2. The Labute approximate surface area is 146 Å². The number of nitrogens with one attached hydrogen (secondary N) is 1. The molecule has 0 bridgehead atoms. The van der Waals surface area contributed by atoms with E-state index in [1.165, 1.54) is 7.11 Å². The van der Waals surface area contributed by atoms with Crippen LogP contribution in [-0.4, -0.2) is 31.7 Å². The maximum Gasteiger partial charge on any atom is 0.255 e. The molecule has 3 rings (SSSR count). The highest BCUT2D eigenvalue weighted by Crippen LogP contribution is 2.24. The quantitative estimate of drug-likeness (QED) is 0.751. The molecule has 5 heteroatoms. The van der Waals surface area contributed by atoms with Gasteiger partial charge in [0, 0.05) is 24.2 Å². The van der Waals surface area contributed by atoms with Gasteiger partial charge in [-0.3, -0.25) is 9.78 Å². The monoisotopic (exact) mass is 336 g/mol. The van der Waals surface area contributed by atoms with Gasteiger partial charge in [-0.1, -0.05) is 24.3 Å². The number of hydrogen-bond donors (Lipinski definition) is 1. The van der Waals surface area contributed by atoms with Crippen molar-refractivity contribution in [2.45, 2.75) is 6.42 Å². The highest BCUT2D eigenvalue weighted by Gasteiger charge is 2.13. The third kappa shape index (κ3) is 3.71. The van der Waals surface area contributed by atoms with Crippen molar-refractivity contribution < 1.29 is 14.3 Å². The van der Waals surface area contributed by atoms with E-state index in [2.05, 4.69) is 10.3 Å². The fourth-order valence-electron chi connectivity index (χ4n) is 2.76. The molecule has 0 aliphatic carbocycles. The maximum absolute atomic E-state index is 12.4. The lowest BCUT2D eigenvalue weighted by Crippen LogP contribution is -2.26. The fraction of sp³-hybridized carbons (Fsp3) is 0.200. The van der Waals surface area contributed by atoms with Gasteiger partial charge in [0.05, 0.1) is 25.3 Å². The molecular formula is C20H20N2O3. The van der Waals surface area contributed by atoms with Crippen LogP contribution in [0.5, 0.6) is 11.5 Å². The second-order valence-corrected chi connectivity index (χ2v) is 5.56. The zero-order chi connectivity index (χ0) is 17.6. The van der Waals surface area contributed by atoms with E-state index in [1.54, 1.807) is 31.5 Å². The van der Waals surface area contributed by atoms with Crippen LogP contribution in [0.2, 0.25) is 0 Å². The third-order valence-corrected chi connectivity index (χ3v) is 4.05. The van der Waals surface area contributed by atoms with Gasteiger partial charge in [-0.2, -0.15) is 0 Å². The average molecular weight is 336 g/mol. The van der Waals surface area contributed by atoms with Crippen LogP contribution < -0.4 is 14.8 Å². The van der Waals surface area contributed by atoms with E-state index < -0.39 is 0 Å². The van der Waals surface area contributed by atoms with Crippen LogP contribution in [0.4, 0.5) is 0 Å². The number of nitrogens with zero attached hydrogens (tertiary/aromatic N) is 1. The van der Waals surface area contributed by atoms with Crippen molar-refractivity contribution in [1.29, 1.82) is 0 Å². The van der Waals surface area contributed by atoms with E-state index >= 15 is 0 Å². The number of hydrogen-bond acceptors (Lipinski definition) is 4. The molecule has 2 aromatic carbocycles. The van der Waals surface area contributed by atoms with Gasteiger partial charge in [-0.15, -0.1) is 0 Å². The first-order valence-corrected chi connectivity index (χ1v) is 8.06. The summed E-state index contributed by atoms with van der Waals surface area (Å²) in [4.78, 5) is 16.9. The molecule has 0 fully saturated rings. The van der Waals surface area contributed by atoms with Gasteiger partial charge in [-0.05, 0) is 30.2 Å². The van der Waals surface area contributed by atoms with Crippen molar-refractivity contribution in [3.05, 3.63) is 65.9 Å². The predicted molar refractivity (Wildman–Crippen MR) is 97.3 cm³/mol. The molecule has 0 atom stereocenters. The summed E-state index contributed by atoms with van der Waals surface area (Å²) in [5, 5.41) is 4.04. The number of fused-ring (bicyclic) bond motifs is 1. The molecule has 1 N–H and O–H groups in total. The van der Waals surface area contributed by atoms with E-state index in [-0.39, 0.29) is 5.91 Å². The van der Waals surface area contributed by atoms with Gasteiger partial charge in [-0.25, -0.2) is 0 Å². The van der Waals surface area contributed by atoms with Crippen LogP contribution >= 0.6 is 0 Å². The molecule has 1 amide bonds. The minimum Gasteiger partial charge on any atom is -0.497 e. The zero-order valence-electron chi connectivity index (χ0n) is 14.3. The van der Waals surface area contributed by atoms with Gasteiger partial charge in [0.15, 0.2) is 0 Å². The molecule has 0 saturated carbocycles. The SMILES string of the molecule is COc1ccc(C(=O)NCCc2cccc3cccnc23)c(OC)c1. The first-order chi connectivity index (χ1) is 12.2.